The first-order valence-corrected chi connectivity index (χ1v) is 12.6. The van der Waals surface area contributed by atoms with E-state index in [1.807, 2.05) is 33.8 Å². The van der Waals surface area contributed by atoms with E-state index in [4.69, 9.17) is 15.6 Å². The number of anilines is 1. The fraction of sp³-hybridized carbons (Fsp3) is 0.286. The number of halogens is 1. The number of methoxy groups -OCH3 is 1. The lowest BCUT2D eigenvalue weighted by atomic mass is 10.1. The number of aliphatic hydroxyl groups is 1. The molecule has 1 amide bonds. The van der Waals surface area contributed by atoms with Crippen LogP contribution >= 0.6 is 0 Å². The lowest BCUT2D eigenvalue weighted by Gasteiger charge is -2.34. The van der Waals surface area contributed by atoms with Crippen LogP contribution in [0, 0.1) is 5.82 Å². The van der Waals surface area contributed by atoms with Crippen molar-refractivity contribution in [3.63, 3.8) is 0 Å². The van der Waals surface area contributed by atoms with E-state index in [1.165, 1.54) is 37.7 Å². The zero-order valence-corrected chi connectivity index (χ0v) is 21.5. The molecular formula is C28H30FN7O3. The highest BCUT2D eigenvalue weighted by Crippen LogP contribution is 2.34. The normalized spacial score (nSPS) is 16.6. The van der Waals surface area contributed by atoms with E-state index in [1.54, 1.807) is 0 Å². The number of fused-ring (bicyclic) bond motifs is 1. The monoisotopic (exact) mass is 531 g/mol. The SMILES string of the molecule is C=CC(O)N1CCC[C@@H](n2nc(-c3ccc(CNC(=O)c4ccc(OC)cc4F)cc3)c3c(N)ncnc32)C1. The molecule has 0 saturated carbocycles. The number of nitrogen functional groups attached to an aromatic ring is 1. The Kier molecular flexibility index (Phi) is 7.53. The van der Waals surface area contributed by atoms with Gasteiger partial charge in [0.2, 0.25) is 0 Å². The van der Waals surface area contributed by atoms with Crippen LogP contribution in [0.1, 0.15) is 34.8 Å². The zero-order valence-electron chi connectivity index (χ0n) is 21.5. The number of nitrogens with one attached hydrogen (secondary N) is 1. The van der Waals surface area contributed by atoms with Gasteiger partial charge in [-0.1, -0.05) is 30.8 Å². The van der Waals surface area contributed by atoms with Crippen LogP contribution in [0.5, 0.6) is 5.75 Å². The summed E-state index contributed by atoms with van der Waals surface area (Å²) >= 11 is 0. The van der Waals surface area contributed by atoms with Gasteiger partial charge >= 0.3 is 0 Å². The number of amides is 1. The first-order chi connectivity index (χ1) is 18.9. The molecule has 202 valence electrons. The molecule has 0 radical (unpaired) electrons. The molecule has 2 atom stereocenters. The minimum atomic E-state index is -0.719. The molecular weight excluding hydrogens is 501 g/mol. The molecule has 2 aromatic heterocycles. The van der Waals surface area contributed by atoms with E-state index < -0.39 is 18.0 Å². The van der Waals surface area contributed by atoms with Crippen LogP contribution in [0.3, 0.4) is 0 Å². The molecule has 1 aliphatic rings. The van der Waals surface area contributed by atoms with Gasteiger partial charge in [-0.15, -0.1) is 0 Å². The van der Waals surface area contributed by atoms with Crippen molar-refractivity contribution in [2.75, 3.05) is 25.9 Å². The number of rotatable bonds is 8. The summed E-state index contributed by atoms with van der Waals surface area (Å²) in [6.07, 6.45) is 4.01. The number of likely N-dealkylation sites (tertiary alicyclic amines) is 1. The molecule has 1 saturated heterocycles. The van der Waals surface area contributed by atoms with Crippen LogP contribution in [0.2, 0.25) is 0 Å². The quantitative estimate of drug-likeness (QED) is 0.295. The largest absolute Gasteiger partial charge is 0.497 e. The number of nitrogens with zero attached hydrogens (tertiary/aromatic N) is 5. The summed E-state index contributed by atoms with van der Waals surface area (Å²) in [6, 6.07) is 11.6. The summed E-state index contributed by atoms with van der Waals surface area (Å²) in [5, 5.41) is 18.6. The standard InChI is InChI=1S/C28H30FN7O3/c1-3-23(37)35-12-4-5-19(15-35)36-27-24(26(30)32-16-33-27)25(34-36)18-8-6-17(7-9-18)14-31-28(38)21-11-10-20(39-2)13-22(21)29/h3,6-11,13,16,19,23,37H,1,4-5,12,14-15H2,2H3,(H,31,38)(H2,30,32,33)/t19-,23?/m1/s1. The maximum absolute atomic E-state index is 14.2. The number of carbonyl (C=O) groups excluding carboxylic acids is 1. The minimum Gasteiger partial charge on any atom is -0.497 e. The van der Waals surface area contributed by atoms with E-state index in [0.717, 1.165) is 30.5 Å². The van der Waals surface area contributed by atoms with Gasteiger partial charge in [0.15, 0.2) is 5.65 Å². The van der Waals surface area contributed by atoms with Crippen molar-refractivity contribution < 1.29 is 19.0 Å². The van der Waals surface area contributed by atoms with E-state index in [2.05, 4.69) is 21.9 Å². The summed E-state index contributed by atoms with van der Waals surface area (Å²) in [4.78, 5) is 23.1. The molecule has 1 unspecified atom stereocenters. The maximum Gasteiger partial charge on any atom is 0.254 e. The molecule has 11 heteroatoms. The second-order valence-electron chi connectivity index (χ2n) is 9.42. The number of piperidine rings is 1. The first-order valence-electron chi connectivity index (χ1n) is 12.6. The number of aliphatic hydroxyl groups excluding tert-OH is 1. The molecule has 4 aromatic rings. The second-order valence-corrected chi connectivity index (χ2v) is 9.42. The van der Waals surface area contributed by atoms with Gasteiger partial charge in [-0.25, -0.2) is 19.0 Å². The van der Waals surface area contributed by atoms with Gasteiger partial charge in [-0.2, -0.15) is 5.10 Å². The first kappa shape index (κ1) is 26.3. The Labute approximate surface area is 224 Å². The molecule has 1 fully saturated rings. The lowest BCUT2D eigenvalue weighted by molar-refractivity contribution is 0.0126. The number of hydrogen-bond donors (Lipinski definition) is 3. The third-order valence-electron chi connectivity index (χ3n) is 6.98. The average Bonchev–Trinajstić information content (AvgIpc) is 3.36. The Hall–Kier alpha value is -4.35. The third-order valence-corrected chi connectivity index (χ3v) is 6.98. The Morgan fingerprint density at radius 1 is 1.31 bits per heavy atom. The van der Waals surface area contributed by atoms with Crippen LogP contribution in [0.25, 0.3) is 22.3 Å². The number of carbonyl (C=O) groups is 1. The molecule has 10 nitrogen and oxygen atoms in total. The smallest absolute Gasteiger partial charge is 0.254 e. The van der Waals surface area contributed by atoms with Gasteiger partial charge in [0.1, 0.15) is 35.6 Å². The number of aromatic nitrogens is 4. The highest BCUT2D eigenvalue weighted by molar-refractivity contribution is 5.98. The van der Waals surface area contributed by atoms with Crippen LogP contribution in [0.15, 0.2) is 61.4 Å². The van der Waals surface area contributed by atoms with E-state index in [0.29, 0.717) is 34.8 Å². The maximum atomic E-state index is 14.2. The van der Waals surface area contributed by atoms with Crippen molar-refractivity contribution in [1.29, 1.82) is 0 Å². The van der Waals surface area contributed by atoms with Crippen molar-refractivity contribution in [2.24, 2.45) is 0 Å². The summed E-state index contributed by atoms with van der Waals surface area (Å²) in [5.41, 5.74) is 9.15. The van der Waals surface area contributed by atoms with Crippen LogP contribution in [-0.2, 0) is 6.54 Å². The minimum absolute atomic E-state index is 0.00765. The van der Waals surface area contributed by atoms with Crippen LogP contribution < -0.4 is 15.8 Å². The van der Waals surface area contributed by atoms with Crippen molar-refractivity contribution in [1.82, 2.24) is 30.0 Å². The van der Waals surface area contributed by atoms with Gasteiger partial charge in [-0.3, -0.25) is 9.69 Å². The average molecular weight is 532 g/mol. The molecule has 0 spiro atoms. The topological polar surface area (TPSA) is 131 Å². The summed E-state index contributed by atoms with van der Waals surface area (Å²) in [6.45, 7) is 5.29. The van der Waals surface area contributed by atoms with Crippen molar-refractivity contribution in [3.05, 3.63) is 78.4 Å². The zero-order chi connectivity index (χ0) is 27.5. The summed E-state index contributed by atoms with van der Waals surface area (Å²) < 4.78 is 21.1. The van der Waals surface area contributed by atoms with Gasteiger partial charge in [0, 0.05) is 31.3 Å². The summed E-state index contributed by atoms with van der Waals surface area (Å²) in [7, 11) is 1.44. The molecule has 4 N–H and O–H groups in total. The van der Waals surface area contributed by atoms with E-state index in [9.17, 15) is 14.3 Å². The van der Waals surface area contributed by atoms with E-state index in [-0.39, 0.29) is 18.2 Å². The van der Waals surface area contributed by atoms with Gasteiger partial charge in [0.25, 0.3) is 5.91 Å². The highest BCUT2D eigenvalue weighted by atomic mass is 19.1. The molecule has 2 aromatic carbocycles. The Morgan fingerprint density at radius 3 is 2.82 bits per heavy atom. The summed E-state index contributed by atoms with van der Waals surface area (Å²) in [5.74, 6) is -0.491. The predicted octanol–water partition coefficient (Wildman–Crippen LogP) is 3.29. The van der Waals surface area contributed by atoms with Crippen molar-refractivity contribution in [3.8, 4) is 17.0 Å². The molecule has 0 bridgehead atoms. The lowest BCUT2D eigenvalue weighted by Crippen LogP contribution is -2.42. The fourth-order valence-electron chi connectivity index (χ4n) is 4.89. The number of benzene rings is 2. The van der Waals surface area contributed by atoms with E-state index >= 15 is 0 Å². The molecule has 0 aliphatic carbocycles. The van der Waals surface area contributed by atoms with Crippen LogP contribution in [-0.4, -0.2) is 62.1 Å². The second kappa shape index (κ2) is 11.2. The molecule has 3 heterocycles. The highest BCUT2D eigenvalue weighted by Gasteiger charge is 2.28. The van der Waals surface area contributed by atoms with Gasteiger partial charge in [0.05, 0.1) is 24.1 Å². The Morgan fingerprint density at radius 2 is 2.10 bits per heavy atom. The molecule has 1 aliphatic heterocycles. The van der Waals surface area contributed by atoms with Crippen molar-refractivity contribution in [2.45, 2.75) is 31.7 Å². The van der Waals surface area contributed by atoms with Crippen molar-refractivity contribution >= 4 is 22.8 Å². The Balaban J connectivity index is 1.37. The van der Waals surface area contributed by atoms with Gasteiger partial charge < -0.3 is 20.9 Å². The number of hydrogen-bond acceptors (Lipinski definition) is 8. The fourth-order valence-corrected chi connectivity index (χ4v) is 4.89. The Bertz CT molecular complexity index is 1510. The van der Waals surface area contributed by atoms with Crippen LogP contribution in [0.4, 0.5) is 10.2 Å². The predicted molar refractivity (Wildman–Crippen MR) is 145 cm³/mol. The number of nitrogens with two attached hydrogens (primary N) is 1. The number of ether oxygens (including phenoxy) is 1. The molecule has 39 heavy (non-hydrogen) atoms. The molecule has 5 rings (SSSR count). The van der Waals surface area contributed by atoms with Gasteiger partial charge in [-0.05, 0) is 36.6 Å². The third kappa shape index (κ3) is 5.31.